The number of nitrogens with zero attached hydrogens (tertiary/aromatic N) is 3. The van der Waals surface area contributed by atoms with E-state index >= 15 is 0 Å². The first-order valence-corrected chi connectivity index (χ1v) is 10.5. The molecule has 10 heteroatoms. The zero-order chi connectivity index (χ0) is 25.4. The van der Waals surface area contributed by atoms with Gasteiger partial charge in [-0.15, -0.1) is 0 Å². The monoisotopic (exact) mass is 491 g/mol. The van der Waals surface area contributed by atoms with Crippen molar-refractivity contribution < 1.29 is 31.4 Å². The molecule has 4 aromatic rings. The molecule has 0 fully saturated rings. The average molecular weight is 491 g/mol. The van der Waals surface area contributed by atoms with Crippen molar-refractivity contribution in [1.29, 1.82) is 0 Å². The molecule has 0 bridgehead atoms. The maximum atomic E-state index is 13.4. The van der Waals surface area contributed by atoms with E-state index in [2.05, 4.69) is 9.97 Å². The Kier molecular flexibility index (Phi) is 6.42. The number of aliphatic hydroxyl groups excluding tert-OH is 1. The molecule has 1 N–H and O–H groups in total. The fraction of sp³-hybridized carbons (Fsp3) is 0.200. The Morgan fingerprint density at radius 2 is 1.51 bits per heavy atom. The van der Waals surface area contributed by atoms with Gasteiger partial charge >= 0.3 is 12.4 Å². The van der Waals surface area contributed by atoms with Crippen LogP contribution in [0.4, 0.5) is 26.3 Å². The molecule has 0 spiro atoms. The Balaban J connectivity index is 1.93. The van der Waals surface area contributed by atoms with Crippen LogP contribution in [-0.4, -0.2) is 26.2 Å². The minimum atomic E-state index is -4.97. The summed E-state index contributed by atoms with van der Waals surface area (Å²) in [6.45, 7) is 1.79. The van der Waals surface area contributed by atoms with E-state index in [9.17, 15) is 31.4 Å². The van der Waals surface area contributed by atoms with Crippen LogP contribution in [0.5, 0.6) is 0 Å². The van der Waals surface area contributed by atoms with Crippen LogP contribution in [-0.2, 0) is 18.8 Å². The van der Waals surface area contributed by atoms with Crippen molar-refractivity contribution >= 4 is 0 Å². The number of rotatable bonds is 5. The van der Waals surface area contributed by atoms with Crippen molar-refractivity contribution in [2.24, 2.45) is 0 Å². The molecule has 0 saturated carbocycles. The molecule has 0 atom stereocenters. The number of hydrogen-bond donors (Lipinski definition) is 1. The Hall–Kier alpha value is -3.66. The van der Waals surface area contributed by atoms with E-state index in [4.69, 9.17) is 0 Å². The van der Waals surface area contributed by atoms with E-state index < -0.39 is 23.5 Å². The molecule has 182 valence electrons. The van der Waals surface area contributed by atoms with Crippen LogP contribution < -0.4 is 0 Å². The highest BCUT2D eigenvalue weighted by Gasteiger charge is 2.37. The van der Waals surface area contributed by atoms with Gasteiger partial charge in [-0.3, -0.25) is 9.55 Å². The first-order chi connectivity index (χ1) is 16.5. The SMILES string of the molecule is Cc1ccc(CCO)c(-c2ccncc2-n2cncc2-c2cc(C(F)(F)F)cc(C(F)(F)F)c2)c1. The van der Waals surface area contributed by atoms with Crippen LogP contribution in [0.15, 0.2) is 67.4 Å². The van der Waals surface area contributed by atoms with Crippen LogP contribution in [0.2, 0.25) is 0 Å². The van der Waals surface area contributed by atoms with Crippen molar-refractivity contribution in [2.75, 3.05) is 6.61 Å². The summed E-state index contributed by atoms with van der Waals surface area (Å²) in [5, 5.41) is 9.48. The van der Waals surface area contributed by atoms with Crippen LogP contribution in [0.1, 0.15) is 22.3 Å². The number of aromatic nitrogens is 3. The zero-order valence-corrected chi connectivity index (χ0v) is 18.3. The molecule has 2 aromatic carbocycles. The molecule has 0 saturated heterocycles. The topological polar surface area (TPSA) is 50.9 Å². The molecule has 0 aliphatic rings. The second-order valence-corrected chi connectivity index (χ2v) is 7.97. The van der Waals surface area contributed by atoms with Gasteiger partial charge in [-0.2, -0.15) is 26.3 Å². The van der Waals surface area contributed by atoms with Gasteiger partial charge in [0.15, 0.2) is 0 Å². The van der Waals surface area contributed by atoms with Gasteiger partial charge < -0.3 is 5.11 Å². The van der Waals surface area contributed by atoms with Gasteiger partial charge in [0.05, 0.1) is 41.2 Å². The fourth-order valence-corrected chi connectivity index (χ4v) is 3.89. The lowest BCUT2D eigenvalue weighted by molar-refractivity contribution is -0.143. The molecule has 35 heavy (non-hydrogen) atoms. The molecule has 2 heterocycles. The molecule has 0 aliphatic heterocycles. The van der Waals surface area contributed by atoms with E-state index in [0.29, 0.717) is 29.8 Å². The first kappa shape index (κ1) is 24.5. The van der Waals surface area contributed by atoms with E-state index in [1.165, 1.54) is 29.5 Å². The molecule has 0 amide bonds. The summed E-state index contributed by atoms with van der Waals surface area (Å²) in [5.74, 6) is 0. The number of benzene rings is 2. The van der Waals surface area contributed by atoms with Gasteiger partial charge in [-0.1, -0.05) is 23.8 Å². The minimum absolute atomic E-state index is 0.0345. The molecule has 4 nitrogen and oxygen atoms in total. The number of imidazole rings is 1. The lowest BCUT2D eigenvalue weighted by Crippen LogP contribution is -2.11. The maximum absolute atomic E-state index is 13.4. The predicted octanol–water partition coefficient (Wildman–Crippen LogP) is 6.48. The normalized spacial score (nSPS) is 12.2. The number of pyridine rings is 1. The second-order valence-electron chi connectivity index (χ2n) is 7.97. The quantitative estimate of drug-likeness (QED) is 0.325. The number of halogens is 6. The Bertz CT molecular complexity index is 1330. The van der Waals surface area contributed by atoms with Gasteiger partial charge in [-0.25, -0.2) is 4.98 Å². The highest BCUT2D eigenvalue weighted by molar-refractivity contribution is 5.77. The summed E-state index contributed by atoms with van der Waals surface area (Å²) >= 11 is 0. The third-order valence-electron chi connectivity index (χ3n) is 5.52. The standard InChI is InChI=1S/C25H19F6N3O/c1-15-2-3-16(5-7-35)21(8-15)20-4-6-32-13-23(20)34-14-33-12-22(34)17-9-18(24(26,27)28)11-19(10-17)25(29,30)31/h2-4,6,8-14,35H,5,7H2,1H3. The van der Waals surface area contributed by atoms with E-state index in [1.54, 1.807) is 6.07 Å². The van der Waals surface area contributed by atoms with Crippen LogP contribution >= 0.6 is 0 Å². The summed E-state index contributed by atoms with van der Waals surface area (Å²) in [4.78, 5) is 8.12. The van der Waals surface area contributed by atoms with Gasteiger partial charge in [0, 0.05) is 23.9 Å². The van der Waals surface area contributed by atoms with Crippen molar-refractivity contribution in [3.05, 3.63) is 89.6 Å². The van der Waals surface area contributed by atoms with Crippen LogP contribution in [0, 0.1) is 6.92 Å². The number of aliphatic hydroxyl groups is 1. The maximum Gasteiger partial charge on any atom is 0.416 e. The number of hydrogen-bond acceptors (Lipinski definition) is 3. The molecule has 0 aliphatic carbocycles. The molecular formula is C25H19F6N3O. The third-order valence-corrected chi connectivity index (χ3v) is 5.52. The molecule has 0 unspecified atom stereocenters. The Labute approximate surface area is 196 Å². The lowest BCUT2D eigenvalue weighted by atomic mass is 9.95. The largest absolute Gasteiger partial charge is 0.416 e. The van der Waals surface area contributed by atoms with E-state index in [0.717, 1.165) is 16.7 Å². The third kappa shape index (κ3) is 5.07. The predicted molar refractivity (Wildman–Crippen MR) is 118 cm³/mol. The number of alkyl halides is 6. The summed E-state index contributed by atoms with van der Waals surface area (Å²) < 4.78 is 81.9. The van der Waals surface area contributed by atoms with Crippen LogP contribution in [0.25, 0.3) is 28.1 Å². The minimum Gasteiger partial charge on any atom is -0.396 e. The summed E-state index contributed by atoms with van der Waals surface area (Å²) in [7, 11) is 0. The van der Waals surface area contributed by atoms with Gasteiger partial charge in [0.25, 0.3) is 0 Å². The summed E-state index contributed by atoms with van der Waals surface area (Å²) in [5.41, 5.74) is 0.484. The van der Waals surface area contributed by atoms with Gasteiger partial charge in [0.2, 0.25) is 0 Å². The van der Waals surface area contributed by atoms with E-state index in [-0.39, 0.29) is 23.9 Å². The first-order valence-electron chi connectivity index (χ1n) is 10.5. The van der Waals surface area contributed by atoms with Gasteiger partial charge in [0.1, 0.15) is 0 Å². The fourth-order valence-electron chi connectivity index (χ4n) is 3.89. The number of aryl methyl sites for hydroxylation is 1. The molecular weight excluding hydrogens is 472 g/mol. The second kappa shape index (κ2) is 9.18. The summed E-state index contributed by atoms with van der Waals surface area (Å²) in [6.07, 6.45) is -4.07. The van der Waals surface area contributed by atoms with Crippen molar-refractivity contribution in [2.45, 2.75) is 25.7 Å². The highest BCUT2D eigenvalue weighted by atomic mass is 19.4. The Morgan fingerprint density at radius 3 is 2.14 bits per heavy atom. The lowest BCUT2D eigenvalue weighted by Gasteiger charge is -2.18. The average Bonchev–Trinajstić information content (AvgIpc) is 3.29. The van der Waals surface area contributed by atoms with Crippen molar-refractivity contribution in [3.63, 3.8) is 0 Å². The van der Waals surface area contributed by atoms with Crippen molar-refractivity contribution in [3.8, 4) is 28.1 Å². The molecule has 2 aromatic heterocycles. The Morgan fingerprint density at radius 1 is 0.829 bits per heavy atom. The zero-order valence-electron chi connectivity index (χ0n) is 18.3. The van der Waals surface area contributed by atoms with Crippen LogP contribution in [0.3, 0.4) is 0 Å². The van der Waals surface area contributed by atoms with Gasteiger partial charge in [-0.05, 0) is 48.7 Å². The van der Waals surface area contributed by atoms with E-state index in [1.807, 2.05) is 25.1 Å². The molecule has 0 radical (unpaired) electrons. The summed E-state index contributed by atoms with van der Waals surface area (Å²) in [6, 6.07) is 8.77. The smallest absolute Gasteiger partial charge is 0.396 e. The van der Waals surface area contributed by atoms with Crippen molar-refractivity contribution in [1.82, 2.24) is 14.5 Å². The molecule has 4 rings (SSSR count). The highest BCUT2D eigenvalue weighted by Crippen LogP contribution is 2.40.